The molecule has 8 heteroatoms. The number of aryl methyl sites for hydroxylation is 1. The molecule has 0 saturated carbocycles. The molecule has 21 heavy (non-hydrogen) atoms. The second kappa shape index (κ2) is 5.76. The minimum atomic E-state index is 0.366. The van der Waals surface area contributed by atoms with Gasteiger partial charge >= 0.3 is 0 Å². The number of nitrogen functional groups attached to an aromatic ring is 1. The predicted molar refractivity (Wildman–Crippen MR) is 92.4 cm³/mol. The Kier molecular flexibility index (Phi) is 3.99. The van der Waals surface area contributed by atoms with Gasteiger partial charge in [0.2, 0.25) is 5.95 Å². The fourth-order valence-corrected chi connectivity index (χ4v) is 3.32. The van der Waals surface area contributed by atoms with Crippen molar-refractivity contribution >= 4 is 66.5 Å². The van der Waals surface area contributed by atoms with Crippen LogP contribution in [0.3, 0.4) is 0 Å². The topological polar surface area (TPSA) is 75.9 Å². The molecule has 0 unspecified atom stereocenters. The second-order valence-corrected chi connectivity index (χ2v) is 6.89. The molecule has 0 bridgehead atoms. The van der Waals surface area contributed by atoms with Gasteiger partial charge in [0.1, 0.15) is 10.6 Å². The molecule has 0 amide bonds. The molecule has 3 rings (SSSR count). The molecule has 108 valence electrons. The number of benzene rings is 1. The summed E-state index contributed by atoms with van der Waals surface area (Å²) in [5, 5.41) is 4.86. The van der Waals surface area contributed by atoms with E-state index in [-0.39, 0.29) is 0 Å². The molecule has 0 fully saturated rings. The van der Waals surface area contributed by atoms with E-state index < -0.39 is 0 Å². The van der Waals surface area contributed by atoms with Gasteiger partial charge in [0.05, 0.1) is 11.1 Å². The predicted octanol–water partition coefficient (Wildman–Crippen LogP) is 4.44. The Labute approximate surface area is 138 Å². The highest BCUT2D eigenvalue weighted by Crippen LogP contribution is 2.34. The number of fused-ring (bicyclic) bond motifs is 1. The van der Waals surface area contributed by atoms with E-state index in [9.17, 15) is 0 Å². The average Bonchev–Trinajstić information content (AvgIpc) is 2.83. The summed E-state index contributed by atoms with van der Waals surface area (Å²) < 4.78 is 0.896. The van der Waals surface area contributed by atoms with Crippen molar-refractivity contribution in [3.63, 3.8) is 0 Å². The van der Waals surface area contributed by atoms with E-state index in [0.29, 0.717) is 16.8 Å². The molecule has 0 atom stereocenters. The van der Waals surface area contributed by atoms with Crippen LogP contribution in [-0.2, 0) is 0 Å². The molecule has 0 aliphatic carbocycles. The highest BCUT2D eigenvalue weighted by molar-refractivity contribution is 9.10. The van der Waals surface area contributed by atoms with Gasteiger partial charge in [-0.25, -0.2) is 10.8 Å². The molecular weight excluding hydrogens is 374 g/mol. The first-order valence-corrected chi connectivity index (χ1v) is 8.02. The van der Waals surface area contributed by atoms with Crippen molar-refractivity contribution in [2.75, 3.05) is 10.7 Å². The first-order chi connectivity index (χ1) is 10.1. The number of halogens is 2. The number of hydrogen-bond acceptors (Lipinski definition) is 6. The van der Waals surface area contributed by atoms with Crippen LogP contribution in [0, 0.1) is 6.92 Å². The van der Waals surface area contributed by atoms with Crippen LogP contribution in [0.2, 0.25) is 5.02 Å². The van der Waals surface area contributed by atoms with E-state index in [4.69, 9.17) is 17.4 Å². The number of aromatic nitrogens is 2. The number of nitrogens with one attached hydrogen (secondary N) is 2. The molecule has 0 radical (unpaired) electrons. The Morgan fingerprint density at radius 3 is 2.86 bits per heavy atom. The molecule has 5 nitrogen and oxygen atoms in total. The van der Waals surface area contributed by atoms with E-state index in [1.165, 1.54) is 0 Å². The standard InChI is InChI=1S/C13H11BrClN5S/c1-6-4-8-11(18-13(20-16)19-12(8)21-6)17-10-5-7(15)2-3-9(10)14/h2-5H,16H2,1H3,(H2,17,18,19,20). The van der Waals surface area contributed by atoms with Crippen molar-refractivity contribution in [1.82, 2.24) is 9.97 Å². The molecule has 1 aromatic carbocycles. The fourth-order valence-electron chi connectivity index (χ4n) is 1.92. The maximum Gasteiger partial charge on any atom is 0.240 e. The van der Waals surface area contributed by atoms with E-state index in [1.54, 1.807) is 11.3 Å². The Morgan fingerprint density at radius 1 is 1.29 bits per heavy atom. The summed E-state index contributed by atoms with van der Waals surface area (Å²) in [4.78, 5) is 10.8. The van der Waals surface area contributed by atoms with Crippen LogP contribution >= 0.6 is 38.9 Å². The van der Waals surface area contributed by atoms with Crippen LogP contribution in [0.15, 0.2) is 28.7 Å². The maximum absolute atomic E-state index is 6.04. The summed E-state index contributed by atoms with van der Waals surface area (Å²) in [6, 6.07) is 7.56. The quantitative estimate of drug-likeness (QED) is 0.459. The summed E-state index contributed by atoms with van der Waals surface area (Å²) in [5.74, 6) is 6.48. The highest BCUT2D eigenvalue weighted by Gasteiger charge is 2.12. The van der Waals surface area contributed by atoms with Crippen LogP contribution in [-0.4, -0.2) is 9.97 Å². The van der Waals surface area contributed by atoms with Crippen molar-refractivity contribution in [2.24, 2.45) is 5.84 Å². The van der Waals surface area contributed by atoms with Crippen LogP contribution in [0.25, 0.3) is 10.2 Å². The first-order valence-electron chi connectivity index (χ1n) is 6.03. The molecule has 3 aromatic rings. The molecule has 4 N–H and O–H groups in total. The van der Waals surface area contributed by atoms with Gasteiger partial charge in [0.25, 0.3) is 0 Å². The van der Waals surface area contributed by atoms with Crippen molar-refractivity contribution in [1.29, 1.82) is 0 Å². The molecule has 0 aliphatic heterocycles. The number of thiophene rings is 1. The van der Waals surface area contributed by atoms with E-state index in [2.05, 4.69) is 36.6 Å². The van der Waals surface area contributed by atoms with Crippen molar-refractivity contribution in [2.45, 2.75) is 6.92 Å². The van der Waals surface area contributed by atoms with Crippen molar-refractivity contribution < 1.29 is 0 Å². The molecule has 0 spiro atoms. The summed E-state index contributed by atoms with van der Waals surface area (Å²) >= 11 is 11.1. The number of anilines is 3. The number of nitrogens with two attached hydrogens (primary N) is 1. The Morgan fingerprint density at radius 2 is 2.10 bits per heavy atom. The SMILES string of the molecule is Cc1cc2c(Nc3cc(Cl)ccc3Br)nc(NN)nc2s1. The van der Waals surface area contributed by atoms with Crippen LogP contribution in [0.5, 0.6) is 0 Å². The Balaban J connectivity index is 2.12. The van der Waals surface area contributed by atoms with E-state index in [1.807, 2.05) is 31.2 Å². The van der Waals surface area contributed by atoms with Gasteiger partial charge in [-0.1, -0.05) is 11.6 Å². The minimum Gasteiger partial charge on any atom is -0.339 e. The van der Waals surface area contributed by atoms with Gasteiger partial charge in [0.15, 0.2) is 0 Å². The van der Waals surface area contributed by atoms with Crippen LogP contribution in [0.4, 0.5) is 17.5 Å². The molecule has 2 aromatic heterocycles. The lowest BCUT2D eigenvalue weighted by atomic mass is 10.3. The second-order valence-electron chi connectivity index (χ2n) is 4.37. The van der Waals surface area contributed by atoms with Gasteiger partial charge < -0.3 is 5.32 Å². The van der Waals surface area contributed by atoms with Gasteiger partial charge in [-0.2, -0.15) is 4.98 Å². The van der Waals surface area contributed by atoms with Crippen molar-refractivity contribution in [3.8, 4) is 0 Å². The zero-order chi connectivity index (χ0) is 15.0. The summed E-state index contributed by atoms with van der Waals surface area (Å²) in [6.07, 6.45) is 0. The van der Waals surface area contributed by atoms with Gasteiger partial charge in [-0.3, -0.25) is 5.43 Å². The zero-order valence-electron chi connectivity index (χ0n) is 10.9. The van der Waals surface area contributed by atoms with Gasteiger partial charge in [-0.15, -0.1) is 11.3 Å². The fraction of sp³-hybridized carbons (Fsp3) is 0.0769. The number of nitrogens with zero attached hydrogens (tertiary/aromatic N) is 2. The average molecular weight is 385 g/mol. The third kappa shape index (κ3) is 2.96. The van der Waals surface area contributed by atoms with Crippen LogP contribution in [0.1, 0.15) is 4.88 Å². The summed E-state index contributed by atoms with van der Waals surface area (Å²) in [5.41, 5.74) is 3.32. The third-order valence-corrected chi connectivity index (χ3v) is 4.70. The van der Waals surface area contributed by atoms with E-state index >= 15 is 0 Å². The highest BCUT2D eigenvalue weighted by atomic mass is 79.9. The Bertz CT molecular complexity index is 820. The van der Waals surface area contributed by atoms with Gasteiger partial charge in [-0.05, 0) is 47.1 Å². The third-order valence-electron chi connectivity index (χ3n) is 2.83. The summed E-state index contributed by atoms with van der Waals surface area (Å²) in [6.45, 7) is 2.03. The Hall–Kier alpha value is -1.41. The lowest BCUT2D eigenvalue weighted by Crippen LogP contribution is -2.11. The van der Waals surface area contributed by atoms with Gasteiger partial charge in [0, 0.05) is 14.4 Å². The molecule has 2 heterocycles. The van der Waals surface area contributed by atoms with E-state index in [0.717, 1.165) is 25.3 Å². The molecular formula is C13H11BrClN5S. The maximum atomic E-state index is 6.04. The van der Waals surface area contributed by atoms with Crippen molar-refractivity contribution in [3.05, 3.63) is 38.6 Å². The van der Waals surface area contributed by atoms with Crippen LogP contribution < -0.4 is 16.6 Å². The lowest BCUT2D eigenvalue weighted by molar-refractivity contribution is 1.16. The normalized spacial score (nSPS) is 10.9. The smallest absolute Gasteiger partial charge is 0.240 e. The monoisotopic (exact) mass is 383 g/mol. The molecule has 0 saturated heterocycles. The largest absolute Gasteiger partial charge is 0.339 e. The summed E-state index contributed by atoms with van der Waals surface area (Å²) in [7, 11) is 0. The number of hydrogen-bond donors (Lipinski definition) is 3. The zero-order valence-corrected chi connectivity index (χ0v) is 14.1. The molecule has 0 aliphatic rings. The minimum absolute atomic E-state index is 0.366. The number of hydrazine groups is 1. The first kappa shape index (κ1) is 14.5. The number of rotatable bonds is 3. The lowest BCUT2D eigenvalue weighted by Gasteiger charge is -2.10.